The van der Waals surface area contributed by atoms with Crippen molar-refractivity contribution in [2.45, 2.75) is 6.92 Å². The molecule has 4 rings (SSSR count). The summed E-state index contributed by atoms with van der Waals surface area (Å²) in [6, 6.07) is 21.0. The van der Waals surface area contributed by atoms with E-state index in [9.17, 15) is 9.18 Å². The van der Waals surface area contributed by atoms with E-state index in [4.69, 9.17) is 0 Å². The second kappa shape index (κ2) is 7.52. The number of para-hydroxylation sites is 1. The zero-order valence-corrected chi connectivity index (χ0v) is 16.6. The van der Waals surface area contributed by atoms with Crippen LogP contribution in [0.5, 0.6) is 0 Å². The number of halogens is 2. The SMILES string of the molecule is Cc1cc(NC(=O)c2cc(-c3ccc(F)cc3)nc3ccccc23)ccc1Br. The number of pyridine rings is 1. The molecule has 1 aromatic heterocycles. The molecule has 0 fully saturated rings. The average Bonchev–Trinajstić information content (AvgIpc) is 2.70. The van der Waals surface area contributed by atoms with Gasteiger partial charge in [0.2, 0.25) is 0 Å². The molecule has 3 aromatic carbocycles. The van der Waals surface area contributed by atoms with Gasteiger partial charge >= 0.3 is 0 Å². The number of carbonyl (C=O) groups excluding carboxylic acids is 1. The summed E-state index contributed by atoms with van der Waals surface area (Å²) in [4.78, 5) is 17.7. The van der Waals surface area contributed by atoms with E-state index in [-0.39, 0.29) is 11.7 Å². The first-order chi connectivity index (χ1) is 13.5. The summed E-state index contributed by atoms with van der Waals surface area (Å²) in [6.45, 7) is 1.97. The summed E-state index contributed by atoms with van der Waals surface area (Å²) < 4.78 is 14.3. The van der Waals surface area contributed by atoms with Gasteiger partial charge in [-0.1, -0.05) is 34.1 Å². The quantitative estimate of drug-likeness (QED) is 0.407. The standard InChI is InChI=1S/C23H16BrFN2O/c1-14-12-17(10-11-20(14)24)26-23(28)19-13-22(15-6-8-16(25)9-7-15)27-21-5-3-2-4-18(19)21/h2-13H,1H3,(H,26,28). The number of benzene rings is 3. The van der Waals surface area contributed by atoms with Crippen molar-refractivity contribution in [3.63, 3.8) is 0 Å². The van der Waals surface area contributed by atoms with Crippen LogP contribution in [0.15, 0.2) is 77.3 Å². The lowest BCUT2D eigenvalue weighted by Gasteiger charge is -2.11. The first-order valence-corrected chi connectivity index (χ1v) is 9.54. The third kappa shape index (κ3) is 3.66. The number of rotatable bonds is 3. The molecule has 0 saturated heterocycles. The van der Waals surface area contributed by atoms with Gasteiger partial charge in [-0.05, 0) is 67.1 Å². The van der Waals surface area contributed by atoms with Gasteiger partial charge in [0.05, 0.1) is 16.8 Å². The first-order valence-electron chi connectivity index (χ1n) is 8.74. The van der Waals surface area contributed by atoms with E-state index in [0.717, 1.165) is 26.7 Å². The van der Waals surface area contributed by atoms with Gasteiger partial charge in [0.1, 0.15) is 5.82 Å². The Labute approximate surface area is 170 Å². The van der Waals surface area contributed by atoms with Crippen LogP contribution in [0.2, 0.25) is 0 Å². The maximum atomic E-state index is 13.3. The van der Waals surface area contributed by atoms with E-state index >= 15 is 0 Å². The van der Waals surface area contributed by atoms with Gasteiger partial charge in [-0.15, -0.1) is 0 Å². The molecule has 138 valence electrons. The molecule has 0 aliphatic carbocycles. The minimum atomic E-state index is -0.312. The number of hydrogen-bond acceptors (Lipinski definition) is 2. The molecule has 1 amide bonds. The molecule has 0 aliphatic rings. The average molecular weight is 435 g/mol. The van der Waals surface area contributed by atoms with Crippen LogP contribution in [0.3, 0.4) is 0 Å². The van der Waals surface area contributed by atoms with E-state index in [1.807, 2.05) is 49.4 Å². The fourth-order valence-electron chi connectivity index (χ4n) is 3.05. The van der Waals surface area contributed by atoms with E-state index in [1.165, 1.54) is 12.1 Å². The van der Waals surface area contributed by atoms with Gasteiger partial charge < -0.3 is 5.32 Å². The Bertz CT molecular complexity index is 1190. The molecule has 1 N–H and O–H groups in total. The van der Waals surface area contributed by atoms with Crippen LogP contribution in [0.1, 0.15) is 15.9 Å². The van der Waals surface area contributed by atoms with Crippen LogP contribution < -0.4 is 5.32 Å². The number of carbonyl (C=O) groups is 1. The number of nitrogens with one attached hydrogen (secondary N) is 1. The topological polar surface area (TPSA) is 42.0 Å². The molecule has 28 heavy (non-hydrogen) atoms. The Hall–Kier alpha value is -3.05. The van der Waals surface area contributed by atoms with Crippen LogP contribution >= 0.6 is 15.9 Å². The predicted molar refractivity (Wildman–Crippen MR) is 114 cm³/mol. The van der Waals surface area contributed by atoms with Crippen molar-refractivity contribution >= 4 is 38.4 Å². The number of aryl methyl sites for hydroxylation is 1. The van der Waals surface area contributed by atoms with Crippen LogP contribution in [0.4, 0.5) is 10.1 Å². The largest absolute Gasteiger partial charge is 0.322 e. The van der Waals surface area contributed by atoms with Crippen molar-refractivity contribution in [3.8, 4) is 11.3 Å². The number of hydrogen-bond donors (Lipinski definition) is 1. The van der Waals surface area contributed by atoms with Crippen molar-refractivity contribution in [2.24, 2.45) is 0 Å². The maximum Gasteiger partial charge on any atom is 0.256 e. The van der Waals surface area contributed by atoms with E-state index in [0.29, 0.717) is 16.8 Å². The zero-order valence-electron chi connectivity index (χ0n) is 15.0. The van der Waals surface area contributed by atoms with Crippen molar-refractivity contribution in [1.82, 2.24) is 4.98 Å². The monoisotopic (exact) mass is 434 g/mol. The van der Waals surface area contributed by atoms with Crippen molar-refractivity contribution in [1.29, 1.82) is 0 Å². The Balaban J connectivity index is 1.79. The second-order valence-corrected chi connectivity index (χ2v) is 7.35. The Kier molecular flexibility index (Phi) is 4.92. The molecule has 0 spiro atoms. The molecule has 5 heteroatoms. The van der Waals surface area contributed by atoms with Crippen LogP contribution in [0, 0.1) is 12.7 Å². The van der Waals surface area contributed by atoms with Gasteiger partial charge in [0.15, 0.2) is 0 Å². The van der Waals surface area contributed by atoms with E-state index < -0.39 is 0 Å². The summed E-state index contributed by atoms with van der Waals surface area (Å²) >= 11 is 3.47. The van der Waals surface area contributed by atoms with Gasteiger partial charge in [0.25, 0.3) is 5.91 Å². The highest BCUT2D eigenvalue weighted by molar-refractivity contribution is 9.10. The van der Waals surface area contributed by atoms with Gasteiger partial charge in [-0.3, -0.25) is 4.79 Å². The minimum absolute atomic E-state index is 0.219. The molecule has 0 unspecified atom stereocenters. The normalized spacial score (nSPS) is 10.8. The van der Waals surface area contributed by atoms with Gasteiger partial charge in [-0.25, -0.2) is 9.37 Å². The summed E-state index contributed by atoms with van der Waals surface area (Å²) in [5.74, 6) is -0.531. The second-order valence-electron chi connectivity index (χ2n) is 6.50. The van der Waals surface area contributed by atoms with Crippen LogP contribution in [-0.4, -0.2) is 10.9 Å². The number of nitrogens with zero attached hydrogens (tertiary/aromatic N) is 1. The van der Waals surface area contributed by atoms with Crippen molar-refractivity contribution in [2.75, 3.05) is 5.32 Å². The highest BCUT2D eigenvalue weighted by atomic mass is 79.9. The molecule has 0 atom stereocenters. The smallest absolute Gasteiger partial charge is 0.256 e. The number of amides is 1. The summed E-state index contributed by atoms with van der Waals surface area (Å²) in [7, 11) is 0. The number of fused-ring (bicyclic) bond motifs is 1. The van der Waals surface area contributed by atoms with Crippen LogP contribution in [-0.2, 0) is 0 Å². The third-order valence-corrected chi connectivity index (χ3v) is 5.41. The van der Waals surface area contributed by atoms with E-state index in [2.05, 4.69) is 26.2 Å². The fraction of sp³-hybridized carbons (Fsp3) is 0.0435. The summed E-state index contributed by atoms with van der Waals surface area (Å²) in [6.07, 6.45) is 0. The molecule has 0 aliphatic heterocycles. The third-order valence-electron chi connectivity index (χ3n) is 4.52. The lowest BCUT2D eigenvalue weighted by atomic mass is 10.0. The first kappa shape index (κ1) is 18.3. The van der Waals surface area contributed by atoms with Gasteiger partial charge in [0, 0.05) is 21.1 Å². The fourth-order valence-corrected chi connectivity index (χ4v) is 3.30. The van der Waals surface area contributed by atoms with E-state index in [1.54, 1.807) is 18.2 Å². The van der Waals surface area contributed by atoms with Crippen LogP contribution in [0.25, 0.3) is 22.2 Å². The van der Waals surface area contributed by atoms with Crippen molar-refractivity contribution in [3.05, 3.63) is 94.2 Å². The Morgan fingerprint density at radius 1 is 1.00 bits per heavy atom. The maximum absolute atomic E-state index is 13.3. The minimum Gasteiger partial charge on any atom is -0.322 e. The zero-order chi connectivity index (χ0) is 19.7. The highest BCUT2D eigenvalue weighted by Crippen LogP contribution is 2.26. The lowest BCUT2D eigenvalue weighted by molar-refractivity contribution is 0.102. The molecule has 0 saturated carbocycles. The summed E-state index contributed by atoms with van der Waals surface area (Å²) in [5, 5.41) is 3.72. The highest BCUT2D eigenvalue weighted by Gasteiger charge is 2.14. The van der Waals surface area contributed by atoms with Gasteiger partial charge in [-0.2, -0.15) is 0 Å². The summed E-state index contributed by atoms with van der Waals surface area (Å²) in [5.41, 5.74) is 4.35. The number of anilines is 1. The molecule has 0 bridgehead atoms. The van der Waals surface area contributed by atoms with Crippen molar-refractivity contribution < 1.29 is 9.18 Å². The Morgan fingerprint density at radius 2 is 1.75 bits per heavy atom. The molecule has 4 aromatic rings. The molecular weight excluding hydrogens is 419 g/mol. The molecule has 1 heterocycles. The molecule has 3 nitrogen and oxygen atoms in total. The number of aromatic nitrogens is 1. The lowest BCUT2D eigenvalue weighted by Crippen LogP contribution is -2.13. The molecule has 0 radical (unpaired) electrons. The molecular formula is C23H16BrFN2O. The Morgan fingerprint density at radius 3 is 2.50 bits per heavy atom. The predicted octanol–water partition coefficient (Wildman–Crippen LogP) is 6.36.